The summed E-state index contributed by atoms with van der Waals surface area (Å²) in [6, 6.07) is 5.70. The van der Waals surface area contributed by atoms with Gasteiger partial charge in [-0.05, 0) is 37.8 Å². The van der Waals surface area contributed by atoms with Crippen molar-refractivity contribution in [1.29, 1.82) is 0 Å². The molecule has 158 valence electrons. The zero-order valence-corrected chi connectivity index (χ0v) is 17.3. The van der Waals surface area contributed by atoms with E-state index >= 15 is 0 Å². The van der Waals surface area contributed by atoms with Gasteiger partial charge in [0.2, 0.25) is 11.8 Å². The molecule has 1 heterocycles. The molecule has 1 aliphatic rings. The SMILES string of the molecule is Cc1cccc(C)c1NC(=O)CN(C)C(=O)COC(=O)CN1CCCCCC1=O. The molecular weight excluding hydrogens is 374 g/mol. The fraction of sp³-hybridized carbons (Fsp3) is 0.524. The predicted octanol–water partition coefficient (Wildman–Crippen LogP) is 1.65. The summed E-state index contributed by atoms with van der Waals surface area (Å²) in [5, 5.41) is 2.81. The Kier molecular flexibility index (Phi) is 8.18. The second-order valence-corrected chi connectivity index (χ2v) is 7.35. The zero-order chi connectivity index (χ0) is 21.4. The Labute approximate surface area is 171 Å². The lowest BCUT2D eigenvalue weighted by Crippen LogP contribution is -2.39. The zero-order valence-electron chi connectivity index (χ0n) is 17.3. The number of rotatable bonds is 7. The molecule has 0 radical (unpaired) electrons. The second kappa shape index (κ2) is 10.6. The maximum atomic E-state index is 12.2. The van der Waals surface area contributed by atoms with Crippen LogP contribution in [-0.2, 0) is 23.9 Å². The molecule has 2 rings (SSSR count). The first kappa shape index (κ1) is 22.4. The molecule has 1 fully saturated rings. The van der Waals surface area contributed by atoms with Crippen molar-refractivity contribution in [3.8, 4) is 0 Å². The van der Waals surface area contributed by atoms with Gasteiger partial charge in [0.05, 0.1) is 6.54 Å². The van der Waals surface area contributed by atoms with Crippen LogP contribution >= 0.6 is 0 Å². The minimum absolute atomic E-state index is 0.0638. The van der Waals surface area contributed by atoms with E-state index in [1.54, 1.807) is 0 Å². The number of esters is 1. The number of hydrogen-bond acceptors (Lipinski definition) is 5. The summed E-state index contributed by atoms with van der Waals surface area (Å²) in [5.74, 6) is -1.51. The van der Waals surface area contributed by atoms with Crippen molar-refractivity contribution in [3.05, 3.63) is 29.3 Å². The fourth-order valence-electron chi connectivity index (χ4n) is 3.15. The normalized spacial score (nSPS) is 14.2. The number of benzene rings is 1. The first-order chi connectivity index (χ1) is 13.8. The van der Waals surface area contributed by atoms with E-state index in [4.69, 9.17) is 4.74 Å². The Morgan fingerprint density at radius 2 is 1.83 bits per heavy atom. The quantitative estimate of drug-likeness (QED) is 0.699. The van der Waals surface area contributed by atoms with E-state index in [2.05, 4.69) is 5.32 Å². The van der Waals surface area contributed by atoms with E-state index in [-0.39, 0.29) is 24.9 Å². The average molecular weight is 403 g/mol. The third-order valence-corrected chi connectivity index (χ3v) is 4.90. The van der Waals surface area contributed by atoms with E-state index in [9.17, 15) is 19.2 Å². The molecule has 3 amide bonds. The Hall–Kier alpha value is -2.90. The molecule has 1 aliphatic heterocycles. The third kappa shape index (κ3) is 6.89. The maximum absolute atomic E-state index is 12.2. The van der Waals surface area contributed by atoms with Crippen LogP contribution in [0.1, 0.15) is 36.8 Å². The van der Waals surface area contributed by atoms with Crippen LogP contribution in [-0.4, -0.2) is 66.8 Å². The highest BCUT2D eigenvalue weighted by atomic mass is 16.5. The summed E-state index contributed by atoms with van der Waals surface area (Å²) >= 11 is 0. The number of nitrogens with one attached hydrogen (secondary N) is 1. The fourth-order valence-corrected chi connectivity index (χ4v) is 3.15. The molecule has 0 unspecified atom stereocenters. The smallest absolute Gasteiger partial charge is 0.326 e. The van der Waals surface area contributed by atoms with Crippen LogP contribution in [0.4, 0.5) is 5.69 Å². The highest BCUT2D eigenvalue weighted by Crippen LogP contribution is 2.19. The van der Waals surface area contributed by atoms with Crippen LogP contribution < -0.4 is 5.32 Å². The molecule has 0 saturated carbocycles. The van der Waals surface area contributed by atoms with Crippen molar-refractivity contribution >= 4 is 29.4 Å². The van der Waals surface area contributed by atoms with Gasteiger partial charge in [0.25, 0.3) is 5.91 Å². The molecule has 29 heavy (non-hydrogen) atoms. The van der Waals surface area contributed by atoms with Gasteiger partial charge >= 0.3 is 5.97 Å². The number of hydrogen-bond donors (Lipinski definition) is 1. The van der Waals surface area contributed by atoms with Crippen molar-refractivity contribution in [3.63, 3.8) is 0 Å². The predicted molar refractivity (Wildman–Crippen MR) is 108 cm³/mol. The van der Waals surface area contributed by atoms with Gasteiger partial charge < -0.3 is 19.9 Å². The molecule has 0 bridgehead atoms. The third-order valence-electron chi connectivity index (χ3n) is 4.90. The Bertz CT molecular complexity index is 757. The van der Waals surface area contributed by atoms with E-state index < -0.39 is 18.5 Å². The number of nitrogens with zero attached hydrogens (tertiary/aromatic N) is 2. The van der Waals surface area contributed by atoms with Gasteiger partial charge in [0.15, 0.2) is 6.61 Å². The van der Waals surface area contributed by atoms with Crippen molar-refractivity contribution < 1.29 is 23.9 Å². The molecule has 0 atom stereocenters. The van der Waals surface area contributed by atoms with Crippen LogP contribution in [0.25, 0.3) is 0 Å². The average Bonchev–Trinajstić information content (AvgIpc) is 2.87. The van der Waals surface area contributed by atoms with E-state index in [1.807, 2.05) is 32.0 Å². The first-order valence-corrected chi connectivity index (χ1v) is 9.81. The number of ether oxygens (including phenoxy) is 1. The summed E-state index contributed by atoms with van der Waals surface area (Å²) in [5.41, 5.74) is 2.60. The molecule has 1 N–H and O–H groups in total. The van der Waals surface area contributed by atoms with Gasteiger partial charge in [0, 0.05) is 25.7 Å². The number of carbonyl (C=O) groups is 4. The van der Waals surface area contributed by atoms with Gasteiger partial charge in [-0.15, -0.1) is 0 Å². The van der Waals surface area contributed by atoms with Crippen LogP contribution in [0, 0.1) is 13.8 Å². The van der Waals surface area contributed by atoms with Crippen LogP contribution in [0.15, 0.2) is 18.2 Å². The second-order valence-electron chi connectivity index (χ2n) is 7.35. The lowest BCUT2D eigenvalue weighted by Gasteiger charge is -2.20. The van der Waals surface area contributed by atoms with Gasteiger partial charge in [-0.25, -0.2) is 0 Å². The Morgan fingerprint density at radius 3 is 2.52 bits per heavy atom. The lowest BCUT2D eigenvalue weighted by atomic mass is 10.1. The Balaban J connectivity index is 1.77. The number of amides is 3. The molecular formula is C21H29N3O5. The molecule has 0 spiro atoms. The maximum Gasteiger partial charge on any atom is 0.326 e. The largest absolute Gasteiger partial charge is 0.454 e. The minimum atomic E-state index is -0.623. The first-order valence-electron chi connectivity index (χ1n) is 9.81. The van der Waals surface area contributed by atoms with Crippen molar-refractivity contribution in [2.24, 2.45) is 0 Å². The number of aryl methyl sites for hydroxylation is 2. The molecule has 0 aromatic heterocycles. The summed E-state index contributed by atoms with van der Waals surface area (Å²) in [4.78, 5) is 51.0. The van der Waals surface area contributed by atoms with Crippen LogP contribution in [0.2, 0.25) is 0 Å². The van der Waals surface area contributed by atoms with E-state index in [1.165, 1.54) is 16.8 Å². The van der Waals surface area contributed by atoms with Crippen LogP contribution in [0.5, 0.6) is 0 Å². The highest BCUT2D eigenvalue weighted by molar-refractivity contribution is 5.96. The summed E-state index contributed by atoms with van der Waals surface area (Å²) < 4.78 is 5.00. The Morgan fingerprint density at radius 1 is 1.14 bits per heavy atom. The monoisotopic (exact) mass is 403 g/mol. The van der Waals surface area contributed by atoms with E-state index in [0.29, 0.717) is 13.0 Å². The molecule has 1 aromatic rings. The lowest BCUT2D eigenvalue weighted by molar-refractivity contribution is -0.154. The van der Waals surface area contributed by atoms with Gasteiger partial charge in [0.1, 0.15) is 6.54 Å². The number of anilines is 1. The van der Waals surface area contributed by atoms with Crippen molar-refractivity contribution in [1.82, 2.24) is 9.80 Å². The standard InChI is InChI=1S/C21H29N3O5/c1-15-8-7-9-16(2)21(15)22-17(25)12-23(3)19(27)14-29-20(28)13-24-11-6-4-5-10-18(24)26/h7-9H,4-6,10-14H2,1-3H3,(H,22,25). The number of likely N-dealkylation sites (N-methyl/N-ethyl adjacent to an activating group) is 1. The molecule has 1 saturated heterocycles. The summed E-state index contributed by atoms with van der Waals surface area (Å²) in [7, 11) is 1.47. The van der Waals surface area contributed by atoms with Crippen molar-refractivity contribution in [2.45, 2.75) is 39.5 Å². The van der Waals surface area contributed by atoms with Gasteiger partial charge in [-0.3, -0.25) is 19.2 Å². The molecule has 1 aromatic carbocycles. The van der Waals surface area contributed by atoms with Crippen LogP contribution in [0.3, 0.4) is 0 Å². The number of para-hydroxylation sites is 1. The molecule has 8 nitrogen and oxygen atoms in total. The highest BCUT2D eigenvalue weighted by Gasteiger charge is 2.21. The van der Waals surface area contributed by atoms with Crippen molar-refractivity contribution in [2.75, 3.05) is 38.6 Å². The number of likely N-dealkylation sites (tertiary alicyclic amines) is 1. The topological polar surface area (TPSA) is 96.0 Å². The van der Waals surface area contributed by atoms with Gasteiger partial charge in [-0.1, -0.05) is 24.6 Å². The minimum Gasteiger partial charge on any atom is -0.454 e. The molecule has 0 aliphatic carbocycles. The summed E-state index contributed by atoms with van der Waals surface area (Å²) in [6.45, 7) is 3.55. The number of carbonyl (C=O) groups excluding carboxylic acids is 4. The van der Waals surface area contributed by atoms with E-state index in [0.717, 1.165) is 36.1 Å². The summed E-state index contributed by atoms with van der Waals surface area (Å²) in [6.07, 6.45) is 3.09. The molecule has 8 heteroatoms. The van der Waals surface area contributed by atoms with Gasteiger partial charge in [-0.2, -0.15) is 0 Å².